The van der Waals surface area contributed by atoms with Crippen molar-refractivity contribution in [3.8, 4) is 0 Å². The predicted octanol–water partition coefficient (Wildman–Crippen LogP) is 1.89. The summed E-state index contributed by atoms with van der Waals surface area (Å²) in [6.45, 7) is 1.42. The molecule has 0 aliphatic carbocycles. The zero-order chi connectivity index (χ0) is 9.99. The summed E-state index contributed by atoms with van der Waals surface area (Å²) in [4.78, 5) is 0. The summed E-state index contributed by atoms with van der Waals surface area (Å²) in [5.41, 5.74) is -1.95. The Kier molecular flexibility index (Phi) is 3.71. The van der Waals surface area contributed by atoms with Gasteiger partial charge in [-0.15, -0.1) is 0 Å². The molecule has 0 radical (unpaired) electrons. The summed E-state index contributed by atoms with van der Waals surface area (Å²) in [5.74, 6) is 0. The fourth-order valence-corrected chi connectivity index (χ4v) is 0.773. The van der Waals surface area contributed by atoms with E-state index < -0.39 is 29.3 Å². The quantitative estimate of drug-likeness (QED) is 0.701. The Morgan fingerprint density at radius 3 is 2.00 bits per heavy atom. The van der Waals surface area contributed by atoms with E-state index >= 15 is 0 Å². The Bertz CT molecular complexity index is 176. The van der Waals surface area contributed by atoms with Crippen molar-refractivity contribution in [2.24, 2.45) is 5.41 Å². The third kappa shape index (κ3) is 3.53. The van der Waals surface area contributed by atoms with E-state index in [0.29, 0.717) is 0 Å². The highest BCUT2D eigenvalue weighted by molar-refractivity contribution is 7.79. The van der Waals surface area contributed by atoms with Gasteiger partial charge in [0.1, 0.15) is 0 Å². The minimum absolute atomic E-state index is 0.584. The van der Waals surface area contributed by atoms with Crippen LogP contribution in [0.25, 0.3) is 0 Å². The smallest absolute Gasteiger partial charge is 0.290 e. The molecule has 12 heavy (non-hydrogen) atoms. The van der Waals surface area contributed by atoms with Crippen LogP contribution in [0.3, 0.4) is 0 Å². The van der Waals surface area contributed by atoms with Gasteiger partial charge in [0, 0.05) is 6.26 Å². The zero-order valence-electron chi connectivity index (χ0n) is 7.07. The second kappa shape index (κ2) is 3.74. The van der Waals surface area contributed by atoms with Gasteiger partial charge in [-0.05, 0) is 13.8 Å². The average molecular weight is 204 g/mol. The first-order chi connectivity index (χ1) is 5.17. The molecule has 1 atom stereocenters. The lowest BCUT2D eigenvalue weighted by Crippen LogP contribution is -2.36. The van der Waals surface area contributed by atoms with E-state index in [4.69, 9.17) is 0 Å². The molecule has 6 heteroatoms. The molecule has 0 saturated carbocycles. The van der Waals surface area contributed by atoms with Crippen LogP contribution in [-0.2, 0) is 15.3 Å². The van der Waals surface area contributed by atoms with Crippen LogP contribution in [0, 0.1) is 5.41 Å². The van der Waals surface area contributed by atoms with Crippen molar-refractivity contribution in [3.05, 3.63) is 0 Å². The van der Waals surface area contributed by atoms with Gasteiger partial charge in [0.2, 0.25) is 0 Å². The van der Waals surface area contributed by atoms with Crippen LogP contribution in [0.1, 0.15) is 13.8 Å². The molecule has 0 aliphatic rings. The molecule has 0 rings (SSSR count). The normalized spacial score (nSPS) is 16.2. The molecule has 0 aliphatic heterocycles. The van der Waals surface area contributed by atoms with Crippen molar-refractivity contribution in [2.45, 2.75) is 20.0 Å². The average Bonchev–Trinajstić information content (AvgIpc) is 1.81. The maximum absolute atomic E-state index is 12.1. The van der Waals surface area contributed by atoms with E-state index in [2.05, 4.69) is 4.18 Å². The molecule has 0 aromatic carbocycles. The number of halogens is 3. The van der Waals surface area contributed by atoms with Gasteiger partial charge in [-0.3, -0.25) is 4.18 Å². The fraction of sp³-hybridized carbons (Fsp3) is 1.00. The first kappa shape index (κ1) is 11.9. The third-order valence-corrected chi connectivity index (χ3v) is 1.80. The molecule has 0 N–H and O–H groups in total. The maximum atomic E-state index is 12.1. The molecule has 74 valence electrons. The van der Waals surface area contributed by atoms with Crippen molar-refractivity contribution in [3.63, 3.8) is 0 Å². The van der Waals surface area contributed by atoms with Gasteiger partial charge in [-0.1, -0.05) is 0 Å². The first-order valence-electron chi connectivity index (χ1n) is 3.20. The molecule has 0 aromatic rings. The van der Waals surface area contributed by atoms with Gasteiger partial charge in [-0.2, -0.15) is 13.2 Å². The van der Waals surface area contributed by atoms with Gasteiger partial charge in [0.25, 0.3) is 0 Å². The Hall–Kier alpha value is -0.100. The summed E-state index contributed by atoms with van der Waals surface area (Å²) in [5, 5.41) is 0. The number of hydrogen-bond donors (Lipinski definition) is 0. The van der Waals surface area contributed by atoms with Crippen LogP contribution < -0.4 is 0 Å². The third-order valence-electron chi connectivity index (χ3n) is 1.35. The maximum Gasteiger partial charge on any atom is 0.396 e. The molecule has 2 nitrogen and oxygen atoms in total. The van der Waals surface area contributed by atoms with Gasteiger partial charge < -0.3 is 0 Å². The molecule has 0 spiro atoms. The summed E-state index contributed by atoms with van der Waals surface area (Å²) in [6.07, 6.45) is -3.14. The molecule has 0 heterocycles. The van der Waals surface area contributed by atoms with Gasteiger partial charge in [-0.25, -0.2) is 4.21 Å². The number of hydrogen-bond acceptors (Lipinski definition) is 2. The van der Waals surface area contributed by atoms with Crippen LogP contribution in [0.2, 0.25) is 0 Å². The van der Waals surface area contributed by atoms with E-state index in [9.17, 15) is 17.4 Å². The van der Waals surface area contributed by atoms with Gasteiger partial charge in [0.15, 0.2) is 11.1 Å². The zero-order valence-corrected chi connectivity index (χ0v) is 7.88. The Balaban J connectivity index is 4.14. The second-order valence-electron chi connectivity index (χ2n) is 3.05. The largest absolute Gasteiger partial charge is 0.396 e. The lowest BCUT2D eigenvalue weighted by molar-refractivity contribution is -0.218. The second-order valence-corrected chi connectivity index (χ2v) is 4.08. The lowest BCUT2D eigenvalue weighted by atomic mass is 9.94. The van der Waals surface area contributed by atoms with Crippen molar-refractivity contribution >= 4 is 11.1 Å². The van der Waals surface area contributed by atoms with Crippen LogP contribution in [0.4, 0.5) is 13.2 Å². The molecule has 0 fully saturated rings. The Morgan fingerprint density at radius 2 is 1.75 bits per heavy atom. The first-order valence-corrected chi connectivity index (χ1v) is 4.68. The summed E-state index contributed by atoms with van der Waals surface area (Å²) >= 11 is -1.65. The van der Waals surface area contributed by atoms with Crippen LogP contribution in [0.15, 0.2) is 0 Å². The van der Waals surface area contributed by atoms with Crippen molar-refractivity contribution in [2.75, 3.05) is 12.9 Å². The highest BCUT2D eigenvalue weighted by Gasteiger charge is 2.47. The lowest BCUT2D eigenvalue weighted by Gasteiger charge is -2.26. The number of alkyl halides is 3. The molecule has 0 aromatic heterocycles. The molecule has 0 saturated heterocycles. The molecular weight excluding hydrogens is 193 g/mol. The SMILES string of the molecule is CS(=O)OCC(C)(C)C(F)(F)F. The van der Waals surface area contributed by atoms with Crippen LogP contribution in [0.5, 0.6) is 0 Å². The van der Waals surface area contributed by atoms with Gasteiger partial charge >= 0.3 is 6.18 Å². The fourth-order valence-electron chi connectivity index (χ4n) is 0.312. The van der Waals surface area contributed by atoms with E-state index in [-0.39, 0.29) is 0 Å². The van der Waals surface area contributed by atoms with E-state index in [0.717, 1.165) is 13.8 Å². The summed E-state index contributed by atoms with van der Waals surface area (Å²) < 4.78 is 51.0. The van der Waals surface area contributed by atoms with Crippen molar-refractivity contribution < 1.29 is 21.6 Å². The van der Waals surface area contributed by atoms with Crippen molar-refractivity contribution in [1.82, 2.24) is 0 Å². The molecule has 0 amide bonds. The number of rotatable bonds is 3. The van der Waals surface area contributed by atoms with Crippen molar-refractivity contribution in [1.29, 1.82) is 0 Å². The summed E-state index contributed by atoms with van der Waals surface area (Å²) in [6, 6.07) is 0. The monoisotopic (exact) mass is 204 g/mol. The highest BCUT2D eigenvalue weighted by atomic mass is 32.2. The van der Waals surface area contributed by atoms with E-state index in [1.165, 1.54) is 6.26 Å². The Labute approximate surface area is 71.8 Å². The highest BCUT2D eigenvalue weighted by Crippen LogP contribution is 2.37. The molecule has 1 unspecified atom stereocenters. The minimum atomic E-state index is -4.33. The van der Waals surface area contributed by atoms with Crippen LogP contribution in [-0.4, -0.2) is 23.2 Å². The van der Waals surface area contributed by atoms with E-state index in [1.807, 2.05) is 0 Å². The summed E-state index contributed by atoms with van der Waals surface area (Å²) in [7, 11) is 0. The van der Waals surface area contributed by atoms with Gasteiger partial charge in [0.05, 0.1) is 12.0 Å². The standard InChI is InChI=1S/C6H11F3O2S/c1-5(2,6(7,8)9)4-11-12(3)10/h4H2,1-3H3. The molecule has 0 bridgehead atoms. The topological polar surface area (TPSA) is 26.3 Å². The van der Waals surface area contributed by atoms with Crippen LogP contribution >= 0.6 is 0 Å². The minimum Gasteiger partial charge on any atom is -0.290 e. The predicted molar refractivity (Wildman–Crippen MR) is 39.9 cm³/mol. The van der Waals surface area contributed by atoms with E-state index in [1.54, 1.807) is 0 Å². The Morgan fingerprint density at radius 1 is 1.33 bits per heavy atom. The molecular formula is C6H11F3O2S.